The van der Waals surface area contributed by atoms with Gasteiger partial charge in [-0.25, -0.2) is 0 Å². The summed E-state index contributed by atoms with van der Waals surface area (Å²) < 4.78 is 11.2. The smallest absolute Gasteiger partial charge is 0.127 e. The van der Waals surface area contributed by atoms with Gasteiger partial charge in [0.15, 0.2) is 0 Å². The average molecular weight is 291 g/mol. The van der Waals surface area contributed by atoms with Gasteiger partial charge in [-0.3, -0.25) is 0 Å². The van der Waals surface area contributed by atoms with Gasteiger partial charge in [0.25, 0.3) is 0 Å². The SMILES string of the molecule is COc1cccc(OC)c1C1(N)CCCCC1C(C)(C)C. The van der Waals surface area contributed by atoms with Crippen LogP contribution in [0, 0.1) is 11.3 Å². The quantitative estimate of drug-likeness (QED) is 0.912. The molecular formula is C18H29NO2. The summed E-state index contributed by atoms with van der Waals surface area (Å²) in [6.45, 7) is 6.85. The molecule has 3 nitrogen and oxygen atoms in total. The molecule has 2 rings (SSSR count). The van der Waals surface area contributed by atoms with E-state index in [-0.39, 0.29) is 5.41 Å². The Morgan fingerprint density at radius 3 is 2.14 bits per heavy atom. The van der Waals surface area contributed by atoms with Crippen LogP contribution in [-0.4, -0.2) is 14.2 Å². The van der Waals surface area contributed by atoms with E-state index >= 15 is 0 Å². The molecule has 0 saturated heterocycles. The topological polar surface area (TPSA) is 44.5 Å². The molecule has 0 bridgehead atoms. The average Bonchev–Trinajstić information content (AvgIpc) is 2.45. The van der Waals surface area contributed by atoms with E-state index in [2.05, 4.69) is 20.8 Å². The summed E-state index contributed by atoms with van der Waals surface area (Å²) in [5, 5.41) is 0. The minimum Gasteiger partial charge on any atom is -0.496 e. The summed E-state index contributed by atoms with van der Waals surface area (Å²) in [7, 11) is 3.41. The summed E-state index contributed by atoms with van der Waals surface area (Å²) in [4.78, 5) is 0. The first kappa shape index (κ1) is 16.2. The number of hydrogen-bond donors (Lipinski definition) is 1. The van der Waals surface area contributed by atoms with Crippen LogP contribution < -0.4 is 15.2 Å². The lowest BCUT2D eigenvalue weighted by Gasteiger charge is -2.48. The van der Waals surface area contributed by atoms with Crippen LogP contribution in [0.1, 0.15) is 52.0 Å². The van der Waals surface area contributed by atoms with Crippen molar-refractivity contribution >= 4 is 0 Å². The highest BCUT2D eigenvalue weighted by Crippen LogP contribution is 2.52. The predicted molar refractivity (Wildman–Crippen MR) is 86.8 cm³/mol. The Bertz CT molecular complexity index is 470. The third kappa shape index (κ3) is 2.89. The minimum absolute atomic E-state index is 0.154. The number of hydrogen-bond acceptors (Lipinski definition) is 3. The Labute approximate surface area is 128 Å². The Morgan fingerprint density at radius 2 is 1.67 bits per heavy atom. The molecule has 2 N–H and O–H groups in total. The molecule has 1 saturated carbocycles. The van der Waals surface area contributed by atoms with E-state index < -0.39 is 5.54 Å². The zero-order valence-corrected chi connectivity index (χ0v) is 14.0. The van der Waals surface area contributed by atoms with Gasteiger partial charge in [0, 0.05) is 0 Å². The maximum atomic E-state index is 7.00. The molecule has 3 heteroatoms. The monoisotopic (exact) mass is 291 g/mol. The maximum Gasteiger partial charge on any atom is 0.127 e. The van der Waals surface area contributed by atoms with Gasteiger partial charge < -0.3 is 15.2 Å². The van der Waals surface area contributed by atoms with E-state index in [0.29, 0.717) is 5.92 Å². The highest BCUT2D eigenvalue weighted by Gasteiger charge is 2.47. The van der Waals surface area contributed by atoms with Crippen molar-refractivity contribution < 1.29 is 9.47 Å². The van der Waals surface area contributed by atoms with Crippen LogP contribution in [0.5, 0.6) is 11.5 Å². The van der Waals surface area contributed by atoms with Crippen molar-refractivity contribution in [2.75, 3.05) is 14.2 Å². The molecule has 21 heavy (non-hydrogen) atoms. The molecule has 0 aliphatic heterocycles. The summed E-state index contributed by atoms with van der Waals surface area (Å²) in [6.07, 6.45) is 4.54. The molecule has 2 atom stereocenters. The number of benzene rings is 1. The maximum absolute atomic E-state index is 7.00. The molecule has 1 aliphatic rings. The second-order valence-corrected chi connectivity index (χ2v) is 7.24. The summed E-state index contributed by atoms with van der Waals surface area (Å²) in [6, 6.07) is 5.93. The van der Waals surface area contributed by atoms with Crippen molar-refractivity contribution in [2.24, 2.45) is 17.1 Å². The Morgan fingerprint density at radius 1 is 1.10 bits per heavy atom. The highest BCUT2D eigenvalue weighted by molar-refractivity contribution is 5.50. The number of rotatable bonds is 3. The first-order valence-corrected chi connectivity index (χ1v) is 7.85. The number of ether oxygens (including phenoxy) is 2. The Hall–Kier alpha value is -1.22. The molecule has 1 aromatic rings. The molecule has 0 spiro atoms. The van der Waals surface area contributed by atoms with E-state index in [9.17, 15) is 0 Å². The van der Waals surface area contributed by atoms with Crippen LogP contribution in [0.4, 0.5) is 0 Å². The van der Waals surface area contributed by atoms with Gasteiger partial charge in [0.2, 0.25) is 0 Å². The molecular weight excluding hydrogens is 262 g/mol. The molecule has 1 aliphatic carbocycles. The van der Waals surface area contributed by atoms with Crippen molar-refractivity contribution in [3.05, 3.63) is 23.8 Å². The molecule has 118 valence electrons. The Balaban J connectivity index is 2.60. The van der Waals surface area contributed by atoms with Crippen molar-refractivity contribution in [2.45, 2.75) is 52.0 Å². The fourth-order valence-corrected chi connectivity index (χ4v) is 4.01. The van der Waals surface area contributed by atoms with Crippen LogP contribution in [0.2, 0.25) is 0 Å². The van der Waals surface area contributed by atoms with Crippen LogP contribution in [0.15, 0.2) is 18.2 Å². The van der Waals surface area contributed by atoms with E-state index in [1.807, 2.05) is 18.2 Å². The summed E-state index contributed by atoms with van der Waals surface area (Å²) in [5.74, 6) is 2.09. The van der Waals surface area contributed by atoms with Gasteiger partial charge in [-0.15, -0.1) is 0 Å². The van der Waals surface area contributed by atoms with Crippen LogP contribution >= 0.6 is 0 Å². The van der Waals surface area contributed by atoms with Gasteiger partial charge in [0.05, 0.1) is 25.3 Å². The van der Waals surface area contributed by atoms with E-state index in [1.54, 1.807) is 14.2 Å². The van der Waals surface area contributed by atoms with Gasteiger partial charge in [0.1, 0.15) is 11.5 Å². The summed E-state index contributed by atoms with van der Waals surface area (Å²) >= 11 is 0. The molecule has 0 radical (unpaired) electrons. The summed E-state index contributed by atoms with van der Waals surface area (Å²) in [5.41, 5.74) is 7.80. The number of nitrogens with two attached hydrogens (primary N) is 1. The predicted octanol–water partition coefficient (Wildman–Crippen LogP) is 4.09. The zero-order chi connectivity index (χ0) is 15.7. The lowest BCUT2D eigenvalue weighted by molar-refractivity contribution is 0.0740. The fourth-order valence-electron chi connectivity index (χ4n) is 4.01. The van der Waals surface area contributed by atoms with Crippen LogP contribution in [0.25, 0.3) is 0 Å². The van der Waals surface area contributed by atoms with Crippen LogP contribution in [0.3, 0.4) is 0 Å². The third-order valence-corrected chi connectivity index (χ3v) is 4.89. The Kier molecular flexibility index (Phi) is 4.52. The molecule has 2 unspecified atom stereocenters. The standard InChI is InChI=1S/C18H29NO2/c1-17(2,3)15-11-6-7-12-18(15,19)16-13(20-4)9-8-10-14(16)21-5/h8-10,15H,6-7,11-12,19H2,1-5H3. The van der Waals surface area contributed by atoms with Gasteiger partial charge in [-0.1, -0.05) is 39.7 Å². The fraction of sp³-hybridized carbons (Fsp3) is 0.667. The van der Waals surface area contributed by atoms with Crippen molar-refractivity contribution in [3.63, 3.8) is 0 Å². The third-order valence-electron chi connectivity index (χ3n) is 4.89. The molecule has 1 fully saturated rings. The van der Waals surface area contributed by atoms with E-state index in [1.165, 1.54) is 6.42 Å². The molecule has 0 amide bonds. The molecule has 0 heterocycles. The second-order valence-electron chi connectivity index (χ2n) is 7.24. The lowest BCUT2D eigenvalue weighted by atomic mass is 9.60. The first-order chi connectivity index (χ1) is 9.84. The first-order valence-electron chi connectivity index (χ1n) is 7.85. The van der Waals surface area contributed by atoms with Gasteiger partial charge in [-0.05, 0) is 36.3 Å². The van der Waals surface area contributed by atoms with E-state index in [4.69, 9.17) is 15.2 Å². The van der Waals surface area contributed by atoms with Gasteiger partial charge >= 0.3 is 0 Å². The molecule has 0 aromatic heterocycles. The molecule has 1 aromatic carbocycles. The highest BCUT2D eigenvalue weighted by atomic mass is 16.5. The number of methoxy groups -OCH3 is 2. The van der Waals surface area contributed by atoms with Crippen molar-refractivity contribution in [1.29, 1.82) is 0 Å². The van der Waals surface area contributed by atoms with E-state index in [0.717, 1.165) is 36.3 Å². The van der Waals surface area contributed by atoms with Crippen molar-refractivity contribution in [3.8, 4) is 11.5 Å². The normalized spacial score (nSPS) is 26.5. The van der Waals surface area contributed by atoms with Crippen molar-refractivity contribution in [1.82, 2.24) is 0 Å². The van der Waals surface area contributed by atoms with Gasteiger partial charge in [-0.2, -0.15) is 0 Å². The largest absolute Gasteiger partial charge is 0.496 e. The zero-order valence-electron chi connectivity index (χ0n) is 14.0. The lowest BCUT2D eigenvalue weighted by Crippen LogP contribution is -2.51. The van der Waals surface area contributed by atoms with Crippen LogP contribution in [-0.2, 0) is 5.54 Å². The second kappa shape index (κ2) is 5.88. The minimum atomic E-state index is -0.394.